The average Bonchev–Trinajstić information content (AvgIpc) is 2.74. The summed E-state index contributed by atoms with van der Waals surface area (Å²) in [6, 6.07) is 3.40. The lowest BCUT2D eigenvalue weighted by Crippen LogP contribution is -2.40. The van der Waals surface area contributed by atoms with E-state index >= 15 is 0 Å². The highest BCUT2D eigenvalue weighted by molar-refractivity contribution is 7.89. The van der Waals surface area contributed by atoms with Gasteiger partial charge in [-0.25, -0.2) is 17.5 Å². The van der Waals surface area contributed by atoms with Crippen LogP contribution in [0.25, 0.3) is 0 Å². The molecule has 0 saturated heterocycles. The fourth-order valence-corrected chi connectivity index (χ4v) is 3.43. The fourth-order valence-electron chi connectivity index (χ4n) is 2.25. The second-order valence-electron chi connectivity index (χ2n) is 4.95. The zero-order valence-corrected chi connectivity index (χ0v) is 11.2. The Balaban J connectivity index is 2.14. The number of hydrogen-bond acceptors (Lipinski definition) is 4. The molecule has 4 N–H and O–H groups in total. The van der Waals surface area contributed by atoms with E-state index in [1.165, 1.54) is 6.07 Å². The lowest BCUT2D eigenvalue weighted by atomic mass is 10.0. The van der Waals surface area contributed by atoms with Crippen molar-refractivity contribution in [1.82, 2.24) is 4.72 Å². The number of rotatable bonds is 4. The molecule has 0 spiro atoms. The summed E-state index contributed by atoms with van der Waals surface area (Å²) in [5.74, 6) is -0.897. The van der Waals surface area contributed by atoms with Crippen LogP contribution in [0.3, 0.4) is 0 Å². The van der Waals surface area contributed by atoms with Gasteiger partial charge < -0.3 is 10.8 Å². The predicted molar refractivity (Wildman–Crippen MR) is 69.4 cm³/mol. The van der Waals surface area contributed by atoms with E-state index in [2.05, 4.69) is 4.72 Å². The third-order valence-corrected chi connectivity index (χ3v) is 4.81. The van der Waals surface area contributed by atoms with Gasteiger partial charge in [-0.05, 0) is 31.0 Å². The molecule has 0 unspecified atom stereocenters. The van der Waals surface area contributed by atoms with Gasteiger partial charge in [0.1, 0.15) is 10.7 Å². The maximum atomic E-state index is 13.6. The SMILES string of the molecule is Nc1ccc(S(=O)(=O)NCC2(O)CCCC2)c(F)c1. The first kappa shape index (κ1) is 14.2. The van der Waals surface area contributed by atoms with Gasteiger partial charge in [-0.1, -0.05) is 12.8 Å². The minimum absolute atomic E-state index is 0.0981. The van der Waals surface area contributed by atoms with Crippen molar-refractivity contribution in [2.24, 2.45) is 0 Å². The molecule has 7 heteroatoms. The Hall–Kier alpha value is -1.18. The van der Waals surface area contributed by atoms with Crippen molar-refractivity contribution < 1.29 is 17.9 Å². The molecule has 1 aromatic carbocycles. The number of halogens is 1. The molecule has 106 valence electrons. The monoisotopic (exact) mass is 288 g/mol. The number of hydrogen-bond donors (Lipinski definition) is 3. The van der Waals surface area contributed by atoms with Crippen molar-refractivity contribution in [1.29, 1.82) is 0 Å². The number of anilines is 1. The first-order valence-corrected chi connectivity index (χ1v) is 7.58. The fraction of sp³-hybridized carbons (Fsp3) is 0.500. The Morgan fingerprint density at radius 1 is 1.37 bits per heavy atom. The zero-order chi connectivity index (χ0) is 14.1. The first-order chi connectivity index (χ1) is 8.82. The molecule has 1 saturated carbocycles. The number of benzene rings is 1. The van der Waals surface area contributed by atoms with Gasteiger partial charge in [-0.3, -0.25) is 0 Å². The van der Waals surface area contributed by atoms with Crippen LogP contribution in [0.2, 0.25) is 0 Å². The highest BCUT2D eigenvalue weighted by Crippen LogP contribution is 2.29. The molecule has 0 radical (unpaired) electrons. The van der Waals surface area contributed by atoms with Crippen LogP contribution in [0.4, 0.5) is 10.1 Å². The molecule has 5 nitrogen and oxygen atoms in total. The molecule has 1 fully saturated rings. The molecule has 19 heavy (non-hydrogen) atoms. The number of aliphatic hydroxyl groups is 1. The molecule has 1 aliphatic rings. The van der Waals surface area contributed by atoms with Crippen molar-refractivity contribution >= 4 is 15.7 Å². The van der Waals surface area contributed by atoms with Gasteiger partial charge in [0.05, 0.1) is 5.60 Å². The molecule has 0 aromatic heterocycles. The second kappa shape index (κ2) is 5.07. The van der Waals surface area contributed by atoms with E-state index in [4.69, 9.17) is 5.73 Å². The van der Waals surface area contributed by atoms with Crippen LogP contribution in [-0.2, 0) is 10.0 Å². The summed E-state index contributed by atoms with van der Waals surface area (Å²) >= 11 is 0. The largest absolute Gasteiger partial charge is 0.399 e. The van der Waals surface area contributed by atoms with Crippen LogP contribution in [0, 0.1) is 5.82 Å². The lowest BCUT2D eigenvalue weighted by Gasteiger charge is -2.22. The summed E-state index contributed by atoms with van der Waals surface area (Å²) in [5, 5.41) is 10.1. The standard InChI is InChI=1S/C12H17FN2O3S/c13-10-7-9(14)3-4-11(10)19(17,18)15-8-12(16)5-1-2-6-12/h3-4,7,15-16H,1-2,5-6,8,14H2. The number of nitrogens with one attached hydrogen (secondary N) is 1. The smallest absolute Gasteiger partial charge is 0.243 e. The maximum Gasteiger partial charge on any atom is 0.243 e. The minimum atomic E-state index is -3.97. The van der Waals surface area contributed by atoms with Crippen LogP contribution >= 0.6 is 0 Å². The van der Waals surface area contributed by atoms with Gasteiger partial charge in [-0.15, -0.1) is 0 Å². The highest BCUT2D eigenvalue weighted by atomic mass is 32.2. The summed E-state index contributed by atoms with van der Waals surface area (Å²) < 4.78 is 39.8. The van der Waals surface area contributed by atoms with E-state index in [0.29, 0.717) is 12.8 Å². The number of sulfonamides is 1. The lowest BCUT2D eigenvalue weighted by molar-refractivity contribution is 0.0531. The molecule has 0 heterocycles. The zero-order valence-electron chi connectivity index (χ0n) is 10.4. The van der Waals surface area contributed by atoms with Crippen LogP contribution in [0.1, 0.15) is 25.7 Å². The summed E-state index contributed by atoms with van der Waals surface area (Å²) in [6.45, 7) is -0.0981. The van der Waals surface area contributed by atoms with Crippen molar-refractivity contribution in [2.45, 2.75) is 36.2 Å². The summed E-state index contributed by atoms with van der Waals surface area (Å²) in [6.07, 6.45) is 2.85. The Morgan fingerprint density at radius 2 is 2.00 bits per heavy atom. The van der Waals surface area contributed by atoms with E-state index < -0.39 is 26.3 Å². The third-order valence-electron chi connectivity index (χ3n) is 3.37. The van der Waals surface area contributed by atoms with Crippen molar-refractivity contribution in [3.8, 4) is 0 Å². The van der Waals surface area contributed by atoms with Crippen molar-refractivity contribution in [3.63, 3.8) is 0 Å². The molecule has 0 aliphatic heterocycles. The summed E-state index contributed by atoms with van der Waals surface area (Å²) in [4.78, 5) is -0.455. The Kier molecular flexibility index (Phi) is 3.80. The topological polar surface area (TPSA) is 92.4 Å². The van der Waals surface area contributed by atoms with Gasteiger partial charge in [0.15, 0.2) is 0 Å². The van der Waals surface area contributed by atoms with E-state index in [-0.39, 0.29) is 12.2 Å². The second-order valence-corrected chi connectivity index (χ2v) is 6.68. The van der Waals surface area contributed by atoms with Gasteiger partial charge >= 0.3 is 0 Å². The summed E-state index contributed by atoms with van der Waals surface area (Å²) in [5.41, 5.74) is 4.51. The van der Waals surface area contributed by atoms with E-state index in [0.717, 1.165) is 25.0 Å². The van der Waals surface area contributed by atoms with Gasteiger partial charge in [0, 0.05) is 12.2 Å². The van der Waals surface area contributed by atoms with E-state index in [1.54, 1.807) is 0 Å². The van der Waals surface area contributed by atoms with E-state index in [1.807, 2.05) is 0 Å². The first-order valence-electron chi connectivity index (χ1n) is 6.10. The highest BCUT2D eigenvalue weighted by Gasteiger charge is 2.33. The quantitative estimate of drug-likeness (QED) is 0.720. The van der Waals surface area contributed by atoms with Gasteiger partial charge in [-0.2, -0.15) is 0 Å². The number of nitrogens with two attached hydrogens (primary N) is 1. The van der Waals surface area contributed by atoms with Crippen molar-refractivity contribution in [2.75, 3.05) is 12.3 Å². The predicted octanol–water partition coefficient (Wildman–Crippen LogP) is 0.991. The molecule has 0 atom stereocenters. The number of nitrogen functional groups attached to an aromatic ring is 1. The van der Waals surface area contributed by atoms with Crippen LogP contribution < -0.4 is 10.5 Å². The average molecular weight is 288 g/mol. The molecule has 1 aromatic rings. The van der Waals surface area contributed by atoms with E-state index in [9.17, 15) is 17.9 Å². The van der Waals surface area contributed by atoms with Gasteiger partial charge in [0.25, 0.3) is 0 Å². The van der Waals surface area contributed by atoms with Gasteiger partial charge in [0.2, 0.25) is 10.0 Å². The maximum absolute atomic E-state index is 13.6. The van der Waals surface area contributed by atoms with Crippen LogP contribution in [-0.4, -0.2) is 25.7 Å². The van der Waals surface area contributed by atoms with Crippen molar-refractivity contribution in [3.05, 3.63) is 24.0 Å². The molecular formula is C12H17FN2O3S. The van der Waals surface area contributed by atoms with Crippen LogP contribution in [0.15, 0.2) is 23.1 Å². The Bertz CT molecular complexity index is 568. The normalized spacial score (nSPS) is 18.6. The molecule has 0 amide bonds. The third kappa shape index (κ3) is 3.23. The molecule has 2 rings (SSSR count). The molecule has 0 bridgehead atoms. The molecular weight excluding hydrogens is 271 g/mol. The molecule has 1 aliphatic carbocycles. The Labute approximate surface area is 111 Å². The Morgan fingerprint density at radius 3 is 2.58 bits per heavy atom. The van der Waals surface area contributed by atoms with Crippen LogP contribution in [0.5, 0.6) is 0 Å². The minimum Gasteiger partial charge on any atom is -0.399 e. The summed E-state index contributed by atoms with van der Waals surface area (Å²) in [7, 11) is -3.97.